The van der Waals surface area contributed by atoms with Crippen molar-refractivity contribution in [2.75, 3.05) is 46.0 Å². The van der Waals surface area contributed by atoms with Crippen LogP contribution in [0.15, 0.2) is 30.3 Å². The zero-order valence-electron chi connectivity index (χ0n) is 18.3. The molecule has 0 saturated carbocycles. The second-order valence-electron chi connectivity index (χ2n) is 7.47. The lowest BCUT2D eigenvalue weighted by atomic mass is 10.1. The lowest BCUT2D eigenvalue weighted by molar-refractivity contribution is -0.126. The summed E-state index contributed by atoms with van der Waals surface area (Å²) in [4.78, 5) is 27.0. The first-order valence-electron chi connectivity index (χ1n) is 10.3. The number of nitrogens with one attached hydrogen (secondary N) is 1. The fourth-order valence-electron chi connectivity index (χ4n) is 3.89. The predicted octanol–water partition coefficient (Wildman–Crippen LogP) is 2.15. The van der Waals surface area contributed by atoms with E-state index in [-0.39, 0.29) is 24.8 Å². The quantitative estimate of drug-likeness (QED) is 0.702. The van der Waals surface area contributed by atoms with Gasteiger partial charge in [0, 0.05) is 42.9 Å². The molecule has 1 N–H and O–H groups in total. The molecule has 2 aliphatic rings. The maximum absolute atomic E-state index is 12.8. The molecule has 2 aromatic carbocycles. The molecule has 2 aromatic rings. The summed E-state index contributed by atoms with van der Waals surface area (Å²) in [5.74, 6) is 2.15. The molecule has 2 aliphatic heterocycles. The van der Waals surface area contributed by atoms with Crippen molar-refractivity contribution in [2.45, 2.75) is 13.0 Å². The summed E-state index contributed by atoms with van der Waals surface area (Å²) >= 11 is 0. The van der Waals surface area contributed by atoms with E-state index in [1.54, 1.807) is 56.6 Å². The third-order valence-corrected chi connectivity index (χ3v) is 5.57. The number of amides is 2. The monoisotopic (exact) mass is 442 g/mol. The van der Waals surface area contributed by atoms with Crippen LogP contribution in [0.5, 0.6) is 28.7 Å². The average molecular weight is 442 g/mol. The van der Waals surface area contributed by atoms with Crippen LogP contribution in [0.25, 0.3) is 0 Å². The van der Waals surface area contributed by atoms with Crippen LogP contribution in [0, 0.1) is 5.92 Å². The van der Waals surface area contributed by atoms with Crippen molar-refractivity contribution in [3.63, 3.8) is 0 Å². The maximum Gasteiger partial charge on any atom is 0.227 e. The first-order valence-corrected chi connectivity index (χ1v) is 10.3. The number of ether oxygens (including phenoxy) is 5. The highest BCUT2D eigenvalue weighted by molar-refractivity contribution is 6.00. The summed E-state index contributed by atoms with van der Waals surface area (Å²) in [5, 5.41) is 2.91. The Kier molecular flexibility index (Phi) is 6.25. The van der Waals surface area contributed by atoms with Gasteiger partial charge in [-0.2, -0.15) is 0 Å². The van der Waals surface area contributed by atoms with Crippen LogP contribution in [-0.4, -0.2) is 52.9 Å². The molecule has 0 bridgehead atoms. The number of carbonyl (C=O) groups is 2. The normalized spacial score (nSPS) is 17.2. The summed E-state index contributed by atoms with van der Waals surface area (Å²) in [7, 11) is 4.64. The Bertz CT molecular complexity index is 1020. The fraction of sp³-hybridized carbons (Fsp3) is 0.391. The summed E-state index contributed by atoms with van der Waals surface area (Å²) < 4.78 is 27.2. The molecule has 0 radical (unpaired) electrons. The Labute approximate surface area is 186 Å². The molecular formula is C23H26N2O7. The van der Waals surface area contributed by atoms with Crippen LogP contribution >= 0.6 is 0 Å². The van der Waals surface area contributed by atoms with Crippen LogP contribution in [0.1, 0.15) is 12.0 Å². The number of fused-ring (bicyclic) bond motifs is 1. The van der Waals surface area contributed by atoms with Crippen molar-refractivity contribution in [1.29, 1.82) is 0 Å². The van der Waals surface area contributed by atoms with Crippen molar-refractivity contribution in [1.82, 2.24) is 5.32 Å². The van der Waals surface area contributed by atoms with Crippen molar-refractivity contribution in [2.24, 2.45) is 5.92 Å². The molecule has 170 valence electrons. The van der Waals surface area contributed by atoms with Crippen molar-refractivity contribution >= 4 is 17.5 Å². The van der Waals surface area contributed by atoms with Gasteiger partial charge in [-0.1, -0.05) is 0 Å². The lowest BCUT2D eigenvalue weighted by Crippen LogP contribution is -2.32. The largest absolute Gasteiger partial charge is 0.496 e. The summed E-state index contributed by atoms with van der Waals surface area (Å²) in [5.41, 5.74) is 1.43. The lowest BCUT2D eigenvalue weighted by Gasteiger charge is -2.22. The van der Waals surface area contributed by atoms with Crippen LogP contribution in [0.4, 0.5) is 5.69 Å². The van der Waals surface area contributed by atoms with Gasteiger partial charge in [-0.25, -0.2) is 0 Å². The van der Waals surface area contributed by atoms with E-state index in [4.69, 9.17) is 23.7 Å². The SMILES string of the molecule is COc1cc(OC)c(OC)cc1CNC(=O)[C@H]1CC(=O)N(c2ccc3c(c2)OCCO3)C1. The summed E-state index contributed by atoms with van der Waals surface area (Å²) in [6, 6.07) is 8.84. The van der Waals surface area contributed by atoms with E-state index in [9.17, 15) is 9.59 Å². The number of carbonyl (C=O) groups excluding carboxylic acids is 2. The first-order chi connectivity index (χ1) is 15.5. The van der Waals surface area contributed by atoms with E-state index in [0.29, 0.717) is 54.2 Å². The van der Waals surface area contributed by atoms with Gasteiger partial charge < -0.3 is 33.9 Å². The third kappa shape index (κ3) is 4.23. The number of benzene rings is 2. The highest BCUT2D eigenvalue weighted by Crippen LogP contribution is 2.37. The van der Waals surface area contributed by atoms with Gasteiger partial charge in [0.2, 0.25) is 11.8 Å². The van der Waals surface area contributed by atoms with Crippen LogP contribution < -0.4 is 33.9 Å². The summed E-state index contributed by atoms with van der Waals surface area (Å²) in [6.07, 6.45) is 0.142. The van der Waals surface area contributed by atoms with Crippen LogP contribution in [0.3, 0.4) is 0 Å². The molecule has 0 spiro atoms. The average Bonchev–Trinajstić information content (AvgIpc) is 3.23. The van der Waals surface area contributed by atoms with Crippen LogP contribution in [0.2, 0.25) is 0 Å². The summed E-state index contributed by atoms with van der Waals surface area (Å²) in [6.45, 7) is 1.50. The smallest absolute Gasteiger partial charge is 0.227 e. The second kappa shape index (κ2) is 9.25. The molecule has 1 atom stereocenters. The van der Waals surface area contributed by atoms with Crippen molar-refractivity contribution in [3.05, 3.63) is 35.9 Å². The topological polar surface area (TPSA) is 95.6 Å². The van der Waals surface area contributed by atoms with Gasteiger partial charge in [-0.05, 0) is 18.2 Å². The van der Waals surface area contributed by atoms with Gasteiger partial charge in [0.15, 0.2) is 23.0 Å². The molecule has 9 nitrogen and oxygen atoms in total. The van der Waals surface area contributed by atoms with E-state index in [2.05, 4.69) is 5.32 Å². The van der Waals surface area contributed by atoms with Crippen LogP contribution in [-0.2, 0) is 16.1 Å². The number of nitrogens with zero attached hydrogens (tertiary/aromatic N) is 1. The standard InChI is InChI=1S/C23H26N2O7/c1-28-18-11-20(30-3)19(29-2)8-14(18)12-24-23(27)15-9-22(26)25(13-15)16-4-5-17-21(10-16)32-7-6-31-17/h4-5,8,10-11,15H,6-7,9,12-13H2,1-3H3,(H,24,27)/t15-/m0/s1. The zero-order valence-corrected chi connectivity index (χ0v) is 18.3. The molecule has 9 heteroatoms. The van der Waals surface area contributed by atoms with Gasteiger partial charge in [0.25, 0.3) is 0 Å². The van der Waals surface area contributed by atoms with Gasteiger partial charge >= 0.3 is 0 Å². The zero-order chi connectivity index (χ0) is 22.7. The molecule has 4 rings (SSSR count). The minimum Gasteiger partial charge on any atom is -0.496 e. The highest BCUT2D eigenvalue weighted by Gasteiger charge is 2.35. The molecular weight excluding hydrogens is 416 g/mol. The third-order valence-electron chi connectivity index (χ3n) is 5.57. The van der Waals surface area contributed by atoms with E-state index in [0.717, 1.165) is 5.56 Å². The van der Waals surface area contributed by atoms with Crippen molar-refractivity contribution < 1.29 is 33.3 Å². The number of hydrogen-bond donors (Lipinski definition) is 1. The molecule has 1 saturated heterocycles. The minimum absolute atomic E-state index is 0.106. The number of hydrogen-bond acceptors (Lipinski definition) is 7. The molecule has 2 heterocycles. The second-order valence-corrected chi connectivity index (χ2v) is 7.47. The Morgan fingerprint density at radius 1 is 1.00 bits per heavy atom. The van der Waals surface area contributed by atoms with Gasteiger partial charge in [-0.3, -0.25) is 9.59 Å². The molecule has 1 fully saturated rings. The minimum atomic E-state index is -0.457. The Balaban J connectivity index is 1.42. The Morgan fingerprint density at radius 3 is 2.41 bits per heavy atom. The van der Waals surface area contributed by atoms with E-state index in [1.165, 1.54) is 0 Å². The molecule has 0 aliphatic carbocycles. The van der Waals surface area contributed by atoms with E-state index in [1.807, 2.05) is 0 Å². The van der Waals surface area contributed by atoms with Gasteiger partial charge in [0.1, 0.15) is 19.0 Å². The first kappa shape index (κ1) is 21.6. The number of rotatable bonds is 7. The Hall–Kier alpha value is -3.62. The molecule has 0 unspecified atom stereocenters. The van der Waals surface area contributed by atoms with E-state index >= 15 is 0 Å². The van der Waals surface area contributed by atoms with Gasteiger partial charge in [-0.15, -0.1) is 0 Å². The number of anilines is 1. The fourth-order valence-corrected chi connectivity index (χ4v) is 3.89. The molecule has 0 aromatic heterocycles. The van der Waals surface area contributed by atoms with Crippen molar-refractivity contribution in [3.8, 4) is 28.7 Å². The maximum atomic E-state index is 12.8. The Morgan fingerprint density at radius 2 is 1.69 bits per heavy atom. The van der Waals surface area contributed by atoms with E-state index < -0.39 is 5.92 Å². The number of methoxy groups -OCH3 is 3. The molecule has 2 amide bonds. The van der Waals surface area contributed by atoms with Gasteiger partial charge in [0.05, 0.1) is 27.2 Å². The highest BCUT2D eigenvalue weighted by atomic mass is 16.6. The molecule has 32 heavy (non-hydrogen) atoms. The predicted molar refractivity (Wildman–Crippen MR) is 116 cm³/mol.